The molecule has 0 fully saturated rings. The average Bonchev–Trinajstić information content (AvgIpc) is 3.64. The first-order valence-electron chi connectivity index (χ1n) is 23.0. The fourth-order valence-corrected chi connectivity index (χ4v) is 12.3. The highest BCUT2D eigenvalue weighted by molar-refractivity contribution is 6.01. The van der Waals surface area contributed by atoms with Crippen molar-refractivity contribution in [2.24, 2.45) is 0 Å². The molecule has 8 aromatic carbocycles. The summed E-state index contributed by atoms with van der Waals surface area (Å²) in [6.07, 6.45) is 4.90. The molecule has 0 unspecified atom stereocenters. The van der Waals surface area contributed by atoms with Gasteiger partial charge in [-0.15, -0.1) is 0 Å². The van der Waals surface area contributed by atoms with Crippen LogP contribution < -0.4 is 9.80 Å². The second-order valence-corrected chi connectivity index (χ2v) is 20.6. The average molecular weight is 827 g/mol. The van der Waals surface area contributed by atoms with Crippen molar-refractivity contribution in [2.75, 3.05) is 9.80 Å². The molecule has 0 amide bonds. The molecule has 64 heavy (non-hydrogen) atoms. The summed E-state index contributed by atoms with van der Waals surface area (Å²) in [5.41, 5.74) is 25.2. The monoisotopic (exact) mass is 826 g/mol. The maximum Gasteiger partial charge on any atom is 0.0547 e. The maximum atomic E-state index is 2.62. The van der Waals surface area contributed by atoms with E-state index in [4.69, 9.17) is 0 Å². The van der Waals surface area contributed by atoms with E-state index >= 15 is 0 Å². The van der Waals surface area contributed by atoms with E-state index in [-0.39, 0.29) is 21.7 Å². The zero-order valence-corrected chi connectivity index (χ0v) is 38.2. The van der Waals surface area contributed by atoms with Crippen LogP contribution in [0.3, 0.4) is 0 Å². The zero-order valence-electron chi connectivity index (χ0n) is 38.2. The van der Waals surface area contributed by atoms with Crippen LogP contribution in [0.15, 0.2) is 170 Å². The second kappa shape index (κ2) is 13.3. The summed E-state index contributed by atoms with van der Waals surface area (Å²) in [5, 5.41) is 0. The largest absolute Gasteiger partial charge is 0.310 e. The Labute approximate surface area is 379 Å². The van der Waals surface area contributed by atoms with Crippen LogP contribution >= 0.6 is 0 Å². The van der Waals surface area contributed by atoms with Crippen molar-refractivity contribution in [3.05, 3.63) is 225 Å². The maximum absolute atomic E-state index is 2.62. The summed E-state index contributed by atoms with van der Waals surface area (Å²) in [5.74, 6) is 0. The van der Waals surface area contributed by atoms with E-state index < -0.39 is 0 Å². The number of nitrogens with zero attached hydrogens (tertiary/aromatic N) is 2. The van der Waals surface area contributed by atoms with E-state index in [0.29, 0.717) is 0 Å². The number of rotatable bonds is 4. The topological polar surface area (TPSA) is 6.48 Å². The van der Waals surface area contributed by atoms with E-state index in [9.17, 15) is 0 Å². The minimum absolute atomic E-state index is 0.0714. The van der Waals surface area contributed by atoms with Crippen LogP contribution in [0, 0.1) is 0 Å². The first-order valence-corrected chi connectivity index (χ1v) is 23.0. The zero-order chi connectivity index (χ0) is 43.9. The van der Waals surface area contributed by atoms with Gasteiger partial charge in [-0.05, 0) is 139 Å². The summed E-state index contributed by atoms with van der Waals surface area (Å²) < 4.78 is 0. The third-order valence-corrected chi connectivity index (χ3v) is 15.6. The predicted octanol–water partition coefficient (Wildman–Crippen LogP) is 16.7. The van der Waals surface area contributed by atoms with E-state index in [2.05, 4.69) is 247 Å². The van der Waals surface area contributed by atoms with E-state index in [1.54, 1.807) is 0 Å². The fourth-order valence-electron chi connectivity index (χ4n) is 12.3. The quantitative estimate of drug-likeness (QED) is 0.174. The third kappa shape index (κ3) is 5.20. The molecule has 0 atom stereocenters. The summed E-state index contributed by atoms with van der Waals surface area (Å²) in [7, 11) is 0. The Bertz CT molecular complexity index is 3230. The highest BCUT2D eigenvalue weighted by Crippen LogP contribution is 2.62. The van der Waals surface area contributed by atoms with Gasteiger partial charge in [0.05, 0.1) is 17.1 Å². The number of hydrogen-bond donors (Lipinski definition) is 0. The SMILES string of the molecule is CC1(C)c2ccccc2-c2cc3c(cc21)C=Cc1c(cc(N2c4ccccc4C(C)(C)c4cc(N(c5ccccc5)c5ccccc5)ccc42)c2c1C(C)(C)c1ccccc1-2)C3(C)C. The smallest absolute Gasteiger partial charge is 0.0547 e. The van der Waals surface area contributed by atoms with Crippen molar-refractivity contribution in [3.8, 4) is 22.3 Å². The molecule has 1 aliphatic heterocycles. The van der Waals surface area contributed by atoms with Gasteiger partial charge >= 0.3 is 0 Å². The van der Waals surface area contributed by atoms with Crippen molar-refractivity contribution >= 4 is 46.3 Å². The Balaban J connectivity index is 1.14. The van der Waals surface area contributed by atoms with Gasteiger partial charge in [-0.25, -0.2) is 0 Å². The van der Waals surface area contributed by atoms with E-state index in [1.165, 1.54) is 95.0 Å². The Kier molecular flexibility index (Phi) is 8.06. The third-order valence-electron chi connectivity index (χ3n) is 15.6. The van der Waals surface area contributed by atoms with Crippen LogP contribution in [0.4, 0.5) is 34.1 Å². The minimum atomic E-state index is -0.327. The lowest BCUT2D eigenvalue weighted by Gasteiger charge is -2.44. The molecular weight excluding hydrogens is 773 g/mol. The molecule has 3 aliphatic carbocycles. The molecule has 0 saturated carbocycles. The van der Waals surface area contributed by atoms with Crippen LogP contribution in [0.25, 0.3) is 34.4 Å². The lowest BCUT2D eigenvalue weighted by Crippen LogP contribution is -2.32. The molecule has 0 saturated heterocycles. The minimum Gasteiger partial charge on any atom is -0.310 e. The second-order valence-electron chi connectivity index (χ2n) is 20.6. The van der Waals surface area contributed by atoms with Gasteiger partial charge in [-0.1, -0.05) is 171 Å². The number of hydrogen-bond acceptors (Lipinski definition) is 2. The van der Waals surface area contributed by atoms with Crippen LogP contribution in [-0.2, 0) is 21.7 Å². The van der Waals surface area contributed by atoms with Crippen molar-refractivity contribution < 1.29 is 0 Å². The molecule has 312 valence electrons. The standard InChI is InChI=1S/C62H54N2/c1-59(2)47-27-17-15-25-43(47)46-37-50-39(35-51(46)59)31-33-45-52(61(50,5)6)38-56(57-44-26-16-18-28-48(44)62(7,8)58(45)57)64-54-30-20-19-29-49(54)60(3,4)53-36-42(32-34-55(53)64)63(40-21-11-9-12-22-40)41-23-13-10-14-24-41/h9-38H,1-8H3. The molecule has 0 bridgehead atoms. The van der Waals surface area contributed by atoms with Crippen LogP contribution in [-0.4, -0.2) is 0 Å². The molecule has 2 heteroatoms. The normalized spacial score (nSPS) is 16.8. The van der Waals surface area contributed by atoms with Gasteiger partial charge in [-0.3, -0.25) is 0 Å². The Morgan fingerprint density at radius 1 is 0.344 bits per heavy atom. The Hall–Kier alpha value is -6.90. The van der Waals surface area contributed by atoms with Gasteiger partial charge in [0, 0.05) is 44.3 Å². The lowest BCUT2D eigenvalue weighted by atomic mass is 9.70. The summed E-state index contributed by atoms with van der Waals surface area (Å²) in [6.45, 7) is 19.4. The summed E-state index contributed by atoms with van der Waals surface area (Å²) >= 11 is 0. The van der Waals surface area contributed by atoms with Crippen LogP contribution in [0.5, 0.6) is 0 Å². The summed E-state index contributed by atoms with van der Waals surface area (Å²) in [6, 6.07) is 63.8. The Morgan fingerprint density at radius 2 is 0.891 bits per heavy atom. The summed E-state index contributed by atoms with van der Waals surface area (Å²) in [4.78, 5) is 5.02. The van der Waals surface area contributed by atoms with Gasteiger partial charge in [0.15, 0.2) is 0 Å². The molecule has 0 radical (unpaired) electrons. The highest BCUT2D eigenvalue weighted by Gasteiger charge is 2.46. The van der Waals surface area contributed by atoms with Crippen molar-refractivity contribution in [3.63, 3.8) is 0 Å². The molecule has 2 nitrogen and oxygen atoms in total. The van der Waals surface area contributed by atoms with Gasteiger partial charge in [0.2, 0.25) is 0 Å². The van der Waals surface area contributed by atoms with Crippen molar-refractivity contribution in [2.45, 2.75) is 77.0 Å². The molecule has 1 heterocycles. The van der Waals surface area contributed by atoms with Gasteiger partial charge < -0.3 is 9.80 Å². The molecule has 0 N–H and O–H groups in total. The number of benzene rings is 8. The molecule has 0 spiro atoms. The fraction of sp³-hybridized carbons (Fsp3) is 0.194. The van der Waals surface area contributed by atoms with Crippen LogP contribution in [0.1, 0.15) is 111 Å². The first kappa shape index (κ1) is 38.7. The van der Waals surface area contributed by atoms with Crippen molar-refractivity contribution in [1.29, 1.82) is 0 Å². The molecule has 12 rings (SSSR count). The predicted molar refractivity (Wildman–Crippen MR) is 271 cm³/mol. The first-order chi connectivity index (χ1) is 30.8. The molecular formula is C62H54N2. The number of fused-ring (bicyclic) bond motifs is 11. The molecule has 0 aromatic heterocycles. The van der Waals surface area contributed by atoms with Crippen molar-refractivity contribution in [1.82, 2.24) is 0 Å². The van der Waals surface area contributed by atoms with Gasteiger partial charge in [-0.2, -0.15) is 0 Å². The molecule has 8 aromatic rings. The van der Waals surface area contributed by atoms with Crippen LogP contribution in [0.2, 0.25) is 0 Å². The van der Waals surface area contributed by atoms with Gasteiger partial charge in [0.25, 0.3) is 0 Å². The lowest BCUT2D eigenvalue weighted by molar-refractivity contribution is 0.621. The highest BCUT2D eigenvalue weighted by atomic mass is 15.2. The van der Waals surface area contributed by atoms with Gasteiger partial charge in [0.1, 0.15) is 0 Å². The number of para-hydroxylation sites is 3. The number of anilines is 6. The van der Waals surface area contributed by atoms with E-state index in [1.807, 2.05) is 0 Å². The Morgan fingerprint density at radius 3 is 1.58 bits per heavy atom. The molecule has 4 aliphatic rings. The van der Waals surface area contributed by atoms with E-state index in [0.717, 1.165) is 17.1 Å².